The average Bonchev–Trinajstić information content (AvgIpc) is 2.89. The summed E-state index contributed by atoms with van der Waals surface area (Å²) in [6.07, 6.45) is 4.23. The fourth-order valence-electron chi connectivity index (χ4n) is 3.12. The molecule has 2 unspecified atom stereocenters. The third-order valence-corrected chi connectivity index (χ3v) is 4.31. The largest absolute Gasteiger partial charge is 0.379 e. The van der Waals surface area contributed by atoms with E-state index in [0.717, 1.165) is 37.6 Å². The molecule has 1 aromatic heterocycles. The number of nitrogens with one attached hydrogen (secondary N) is 2. The zero-order valence-corrected chi connectivity index (χ0v) is 13.8. The normalized spacial score (nSPS) is 25.0. The summed E-state index contributed by atoms with van der Waals surface area (Å²) in [5.74, 6) is 1.75. The fraction of sp³-hybridized carbons (Fsp3) is 0.688. The van der Waals surface area contributed by atoms with Crippen molar-refractivity contribution < 1.29 is 9.53 Å². The highest BCUT2D eigenvalue weighted by Crippen LogP contribution is 2.19. The lowest BCUT2D eigenvalue weighted by Crippen LogP contribution is -2.33. The number of hydrogen-bond acceptors (Lipinski definition) is 6. The zero-order chi connectivity index (χ0) is 16.2. The summed E-state index contributed by atoms with van der Waals surface area (Å²) < 4.78 is 5.47. The highest BCUT2D eigenvalue weighted by atomic mass is 16.5. The molecule has 2 atom stereocenters. The monoisotopic (exact) mass is 319 g/mol. The van der Waals surface area contributed by atoms with Crippen LogP contribution in [0, 0.1) is 0 Å². The van der Waals surface area contributed by atoms with Crippen molar-refractivity contribution >= 4 is 17.5 Å². The van der Waals surface area contributed by atoms with Gasteiger partial charge in [0.05, 0.1) is 18.7 Å². The summed E-state index contributed by atoms with van der Waals surface area (Å²) in [6.45, 7) is 6.36. The van der Waals surface area contributed by atoms with Crippen molar-refractivity contribution in [3.63, 3.8) is 0 Å². The van der Waals surface area contributed by atoms with Crippen molar-refractivity contribution in [2.75, 3.05) is 30.4 Å². The van der Waals surface area contributed by atoms with Gasteiger partial charge in [-0.25, -0.2) is 9.97 Å². The quantitative estimate of drug-likeness (QED) is 0.856. The summed E-state index contributed by atoms with van der Waals surface area (Å²) >= 11 is 0. The molecule has 2 aliphatic heterocycles. The smallest absolute Gasteiger partial charge is 0.225 e. The molecule has 0 aromatic carbocycles. The molecular formula is C16H25N5O2. The highest BCUT2D eigenvalue weighted by molar-refractivity contribution is 5.80. The summed E-state index contributed by atoms with van der Waals surface area (Å²) in [4.78, 5) is 22.4. The van der Waals surface area contributed by atoms with Crippen LogP contribution in [0.3, 0.4) is 0 Å². The second-order valence-corrected chi connectivity index (χ2v) is 6.53. The highest BCUT2D eigenvalue weighted by Gasteiger charge is 2.31. The van der Waals surface area contributed by atoms with E-state index in [2.05, 4.69) is 20.6 Å². The van der Waals surface area contributed by atoms with Gasteiger partial charge in [-0.05, 0) is 26.7 Å². The van der Waals surface area contributed by atoms with Gasteiger partial charge in [0.15, 0.2) is 0 Å². The number of aromatic nitrogens is 2. The third kappa shape index (κ3) is 4.10. The van der Waals surface area contributed by atoms with Gasteiger partial charge in [0.2, 0.25) is 5.91 Å². The second kappa shape index (κ2) is 7.12. The van der Waals surface area contributed by atoms with Crippen LogP contribution in [0.5, 0.6) is 0 Å². The molecule has 1 aromatic rings. The minimum atomic E-state index is 0.102. The van der Waals surface area contributed by atoms with E-state index in [9.17, 15) is 4.79 Å². The van der Waals surface area contributed by atoms with Gasteiger partial charge in [0, 0.05) is 31.7 Å². The Bertz CT molecular complexity index is 545. The summed E-state index contributed by atoms with van der Waals surface area (Å²) in [7, 11) is 0. The molecule has 3 heterocycles. The van der Waals surface area contributed by atoms with E-state index >= 15 is 0 Å². The van der Waals surface area contributed by atoms with E-state index in [1.54, 1.807) is 6.33 Å². The molecule has 2 aliphatic rings. The Morgan fingerprint density at radius 2 is 2.00 bits per heavy atom. The number of amides is 1. The van der Waals surface area contributed by atoms with E-state index < -0.39 is 0 Å². The molecule has 7 nitrogen and oxygen atoms in total. The fourth-order valence-corrected chi connectivity index (χ4v) is 3.12. The number of nitrogens with zero attached hydrogens (tertiary/aromatic N) is 3. The van der Waals surface area contributed by atoms with E-state index in [0.29, 0.717) is 19.1 Å². The Morgan fingerprint density at radius 1 is 1.26 bits per heavy atom. The van der Waals surface area contributed by atoms with Gasteiger partial charge in [-0.3, -0.25) is 4.79 Å². The van der Waals surface area contributed by atoms with Crippen LogP contribution >= 0.6 is 0 Å². The van der Waals surface area contributed by atoms with Crippen molar-refractivity contribution in [1.29, 1.82) is 0 Å². The predicted octanol–water partition coefficient (Wildman–Crippen LogP) is 1.49. The molecule has 23 heavy (non-hydrogen) atoms. The Kier molecular flexibility index (Phi) is 4.95. The number of carbonyl (C=O) groups excluding carboxylic acids is 1. The lowest BCUT2D eigenvalue weighted by molar-refractivity contribution is -0.129. The third-order valence-electron chi connectivity index (χ3n) is 4.31. The maximum Gasteiger partial charge on any atom is 0.225 e. The first kappa shape index (κ1) is 16.0. The predicted molar refractivity (Wildman–Crippen MR) is 88.4 cm³/mol. The van der Waals surface area contributed by atoms with Gasteiger partial charge in [0.25, 0.3) is 0 Å². The van der Waals surface area contributed by atoms with Crippen LogP contribution in [-0.4, -0.2) is 58.7 Å². The van der Waals surface area contributed by atoms with Gasteiger partial charge < -0.3 is 20.3 Å². The number of ether oxygens (including phenoxy) is 1. The van der Waals surface area contributed by atoms with Crippen LogP contribution in [0.4, 0.5) is 11.6 Å². The topological polar surface area (TPSA) is 79.4 Å². The van der Waals surface area contributed by atoms with Gasteiger partial charge in [-0.1, -0.05) is 0 Å². The van der Waals surface area contributed by atoms with E-state index in [1.165, 1.54) is 0 Å². The minimum Gasteiger partial charge on any atom is -0.379 e. The van der Waals surface area contributed by atoms with Gasteiger partial charge in [0.1, 0.15) is 18.0 Å². The van der Waals surface area contributed by atoms with Gasteiger partial charge in [-0.15, -0.1) is 0 Å². The summed E-state index contributed by atoms with van der Waals surface area (Å²) in [5.41, 5.74) is 0. The number of rotatable bonds is 5. The SMILES string of the molecule is CC(C)N1CC(Nc2cc(NC3CCCOC3)ncn2)CC1=O. The molecule has 0 bridgehead atoms. The Balaban J connectivity index is 1.58. The van der Waals surface area contributed by atoms with Crippen LogP contribution in [-0.2, 0) is 9.53 Å². The van der Waals surface area contributed by atoms with Gasteiger partial charge >= 0.3 is 0 Å². The Hall–Kier alpha value is -1.89. The molecule has 7 heteroatoms. The van der Waals surface area contributed by atoms with Crippen LogP contribution in [0.25, 0.3) is 0 Å². The first-order chi connectivity index (χ1) is 11.1. The Labute approximate surface area is 136 Å². The van der Waals surface area contributed by atoms with Crippen molar-refractivity contribution in [2.45, 2.75) is 51.2 Å². The minimum absolute atomic E-state index is 0.102. The molecule has 0 radical (unpaired) electrons. The maximum atomic E-state index is 12.0. The standard InChI is InChI=1S/C16H25N5O2/c1-11(2)21-8-13(6-16(21)22)20-15-7-14(17-10-18-15)19-12-4-3-5-23-9-12/h7,10-13H,3-6,8-9H2,1-2H3,(H2,17,18,19,20). The van der Waals surface area contributed by atoms with Crippen molar-refractivity contribution in [1.82, 2.24) is 14.9 Å². The first-order valence-corrected chi connectivity index (χ1v) is 8.34. The maximum absolute atomic E-state index is 12.0. The second-order valence-electron chi connectivity index (χ2n) is 6.53. The molecule has 0 aliphatic carbocycles. The number of hydrogen-bond donors (Lipinski definition) is 2. The Morgan fingerprint density at radius 3 is 2.61 bits per heavy atom. The summed E-state index contributed by atoms with van der Waals surface area (Å²) in [6, 6.07) is 2.54. The van der Waals surface area contributed by atoms with Crippen LogP contribution < -0.4 is 10.6 Å². The van der Waals surface area contributed by atoms with Crippen LogP contribution in [0.1, 0.15) is 33.1 Å². The van der Waals surface area contributed by atoms with Crippen molar-refractivity contribution in [3.8, 4) is 0 Å². The lowest BCUT2D eigenvalue weighted by atomic mass is 10.1. The van der Waals surface area contributed by atoms with Crippen LogP contribution in [0.2, 0.25) is 0 Å². The summed E-state index contributed by atoms with van der Waals surface area (Å²) in [5, 5.41) is 6.74. The number of likely N-dealkylation sites (tertiary alicyclic amines) is 1. The van der Waals surface area contributed by atoms with Crippen molar-refractivity contribution in [2.24, 2.45) is 0 Å². The first-order valence-electron chi connectivity index (χ1n) is 8.34. The number of anilines is 2. The molecule has 2 N–H and O–H groups in total. The molecule has 126 valence electrons. The number of carbonyl (C=O) groups is 1. The van der Waals surface area contributed by atoms with E-state index in [-0.39, 0.29) is 18.0 Å². The van der Waals surface area contributed by atoms with E-state index in [1.807, 2.05) is 24.8 Å². The molecule has 1 amide bonds. The van der Waals surface area contributed by atoms with Gasteiger partial charge in [-0.2, -0.15) is 0 Å². The molecule has 2 fully saturated rings. The zero-order valence-electron chi connectivity index (χ0n) is 13.8. The molecular weight excluding hydrogens is 294 g/mol. The lowest BCUT2D eigenvalue weighted by Gasteiger charge is -2.24. The van der Waals surface area contributed by atoms with Crippen LogP contribution in [0.15, 0.2) is 12.4 Å². The molecule has 3 rings (SSSR count). The molecule has 0 saturated carbocycles. The molecule has 2 saturated heterocycles. The average molecular weight is 319 g/mol. The van der Waals surface area contributed by atoms with Crippen molar-refractivity contribution in [3.05, 3.63) is 12.4 Å². The van der Waals surface area contributed by atoms with E-state index in [4.69, 9.17) is 4.74 Å². The molecule has 0 spiro atoms.